The summed E-state index contributed by atoms with van der Waals surface area (Å²) in [6.07, 6.45) is 4.04. The average molecular weight is 213 g/mol. The monoisotopic (exact) mass is 213 g/mol. The van der Waals surface area contributed by atoms with E-state index in [0.717, 1.165) is 31.4 Å². The molecule has 0 aliphatic heterocycles. The zero-order valence-corrected chi connectivity index (χ0v) is 9.85. The fraction of sp³-hybridized carbons (Fsp3) is 0.909. The molecule has 0 amide bonds. The van der Waals surface area contributed by atoms with E-state index in [0.29, 0.717) is 5.92 Å². The molecule has 14 heavy (non-hydrogen) atoms. The van der Waals surface area contributed by atoms with Crippen LogP contribution in [-0.2, 0) is 10.8 Å². The second-order valence-corrected chi connectivity index (χ2v) is 6.25. The standard InChI is InChI=1S/C11H19NOS/c1-9(2)6-7-14(13)11-5-3-4-10(11)8-12/h9-11H,3-7H2,1-2H3. The van der Waals surface area contributed by atoms with E-state index in [1.54, 1.807) is 0 Å². The van der Waals surface area contributed by atoms with Crippen LogP contribution < -0.4 is 0 Å². The summed E-state index contributed by atoms with van der Waals surface area (Å²) >= 11 is 0. The molecule has 0 bridgehead atoms. The van der Waals surface area contributed by atoms with Gasteiger partial charge in [-0.15, -0.1) is 0 Å². The molecule has 3 heteroatoms. The van der Waals surface area contributed by atoms with E-state index in [1.165, 1.54) is 0 Å². The Hall–Kier alpha value is -0.360. The van der Waals surface area contributed by atoms with E-state index < -0.39 is 10.8 Å². The predicted octanol–water partition coefficient (Wildman–Crippen LogP) is 2.47. The SMILES string of the molecule is CC(C)CCS(=O)C1CCCC1C#N. The van der Waals surface area contributed by atoms with Gasteiger partial charge in [0.1, 0.15) is 0 Å². The Bertz CT molecular complexity index is 244. The molecule has 0 radical (unpaired) electrons. The normalized spacial score (nSPS) is 29.0. The maximum Gasteiger partial charge on any atom is 0.0668 e. The second kappa shape index (κ2) is 5.50. The smallest absolute Gasteiger partial charge is 0.0668 e. The van der Waals surface area contributed by atoms with Crippen molar-refractivity contribution in [3.63, 3.8) is 0 Å². The molecular formula is C11H19NOS. The van der Waals surface area contributed by atoms with Crippen molar-refractivity contribution in [1.82, 2.24) is 0 Å². The highest BCUT2D eigenvalue weighted by Crippen LogP contribution is 2.29. The van der Waals surface area contributed by atoms with Crippen LogP contribution >= 0.6 is 0 Å². The second-order valence-electron chi connectivity index (χ2n) is 4.47. The van der Waals surface area contributed by atoms with Crippen LogP contribution in [0.15, 0.2) is 0 Å². The molecular weight excluding hydrogens is 194 g/mol. The third kappa shape index (κ3) is 3.09. The molecule has 0 heterocycles. The lowest BCUT2D eigenvalue weighted by molar-refractivity contribution is 0.607. The van der Waals surface area contributed by atoms with Crippen LogP contribution in [0.3, 0.4) is 0 Å². The summed E-state index contributed by atoms with van der Waals surface area (Å²) in [6.45, 7) is 4.29. The predicted molar refractivity (Wildman–Crippen MR) is 59.2 cm³/mol. The number of hydrogen-bond donors (Lipinski definition) is 0. The first-order valence-corrected chi connectivity index (χ1v) is 6.80. The maximum absolute atomic E-state index is 11.9. The topological polar surface area (TPSA) is 40.9 Å². The van der Waals surface area contributed by atoms with Gasteiger partial charge in [-0.25, -0.2) is 0 Å². The molecule has 0 saturated heterocycles. The summed E-state index contributed by atoms with van der Waals surface area (Å²) in [5.74, 6) is 1.45. The lowest BCUT2D eigenvalue weighted by Crippen LogP contribution is -2.21. The Labute approximate surface area is 89.1 Å². The number of hydrogen-bond acceptors (Lipinski definition) is 2. The van der Waals surface area contributed by atoms with Crippen LogP contribution in [0.1, 0.15) is 39.5 Å². The molecule has 3 unspecified atom stereocenters. The molecule has 0 aromatic heterocycles. The van der Waals surface area contributed by atoms with Gasteiger partial charge in [0, 0.05) is 16.6 Å². The Morgan fingerprint density at radius 1 is 1.50 bits per heavy atom. The summed E-state index contributed by atoms with van der Waals surface area (Å²) < 4.78 is 11.9. The summed E-state index contributed by atoms with van der Waals surface area (Å²) in [5.41, 5.74) is 0. The molecule has 1 rings (SSSR count). The van der Waals surface area contributed by atoms with Crippen molar-refractivity contribution in [2.24, 2.45) is 11.8 Å². The first-order chi connectivity index (χ1) is 6.65. The van der Waals surface area contributed by atoms with E-state index in [2.05, 4.69) is 19.9 Å². The fourth-order valence-electron chi connectivity index (χ4n) is 1.89. The molecule has 0 aromatic carbocycles. The van der Waals surface area contributed by atoms with E-state index in [-0.39, 0.29) is 11.2 Å². The first kappa shape index (κ1) is 11.7. The van der Waals surface area contributed by atoms with Crippen LogP contribution in [0.25, 0.3) is 0 Å². The lowest BCUT2D eigenvalue weighted by Gasteiger charge is -2.13. The molecule has 1 aliphatic rings. The molecule has 3 atom stereocenters. The van der Waals surface area contributed by atoms with Gasteiger partial charge in [-0.3, -0.25) is 4.21 Å². The average Bonchev–Trinajstić information content (AvgIpc) is 2.61. The van der Waals surface area contributed by atoms with Crippen molar-refractivity contribution in [2.45, 2.75) is 44.8 Å². The number of nitrogens with zero attached hydrogens (tertiary/aromatic N) is 1. The fourth-order valence-corrected chi connectivity index (χ4v) is 3.89. The van der Waals surface area contributed by atoms with Crippen LogP contribution in [0.2, 0.25) is 0 Å². The van der Waals surface area contributed by atoms with Crippen molar-refractivity contribution in [3.05, 3.63) is 0 Å². The van der Waals surface area contributed by atoms with E-state index in [9.17, 15) is 4.21 Å². The Kier molecular flexibility index (Phi) is 4.60. The molecule has 0 N–H and O–H groups in total. The molecule has 0 aromatic rings. The summed E-state index contributed by atoms with van der Waals surface area (Å²) in [4.78, 5) is 0. The molecule has 1 aliphatic carbocycles. The van der Waals surface area contributed by atoms with Crippen molar-refractivity contribution >= 4 is 10.8 Å². The van der Waals surface area contributed by atoms with E-state index >= 15 is 0 Å². The molecule has 80 valence electrons. The van der Waals surface area contributed by atoms with E-state index in [1.807, 2.05) is 0 Å². The summed E-state index contributed by atoms with van der Waals surface area (Å²) in [6, 6.07) is 2.29. The third-order valence-electron chi connectivity index (χ3n) is 2.85. The zero-order chi connectivity index (χ0) is 10.6. The van der Waals surface area contributed by atoms with E-state index in [4.69, 9.17) is 5.26 Å². The highest BCUT2D eigenvalue weighted by atomic mass is 32.2. The van der Waals surface area contributed by atoms with Crippen LogP contribution in [0.4, 0.5) is 0 Å². The van der Waals surface area contributed by atoms with Gasteiger partial charge in [0.2, 0.25) is 0 Å². The van der Waals surface area contributed by atoms with Gasteiger partial charge >= 0.3 is 0 Å². The number of rotatable bonds is 4. The summed E-state index contributed by atoms with van der Waals surface area (Å²) in [5, 5.41) is 9.04. The number of nitriles is 1. The molecule has 1 fully saturated rings. The minimum absolute atomic E-state index is 0.0583. The van der Waals surface area contributed by atoms with Crippen molar-refractivity contribution < 1.29 is 4.21 Å². The minimum atomic E-state index is -0.768. The Morgan fingerprint density at radius 2 is 2.21 bits per heavy atom. The van der Waals surface area contributed by atoms with Crippen LogP contribution in [-0.4, -0.2) is 15.2 Å². The minimum Gasteiger partial charge on any atom is -0.259 e. The highest BCUT2D eigenvalue weighted by Gasteiger charge is 2.31. The maximum atomic E-state index is 11.9. The highest BCUT2D eigenvalue weighted by molar-refractivity contribution is 7.85. The molecule has 2 nitrogen and oxygen atoms in total. The van der Waals surface area contributed by atoms with Gasteiger partial charge in [0.05, 0.1) is 17.2 Å². The van der Waals surface area contributed by atoms with Crippen molar-refractivity contribution in [1.29, 1.82) is 5.26 Å². The Morgan fingerprint density at radius 3 is 2.79 bits per heavy atom. The third-order valence-corrected chi connectivity index (χ3v) is 4.73. The quantitative estimate of drug-likeness (QED) is 0.720. The van der Waals surface area contributed by atoms with Gasteiger partial charge in [-0.1, -0.05) is 20.3 Å². The van der Waals surface area contributed by atoms with Gasteiger partial charge in [-0.05, 0) is 25.2 Å². The lowest BCUT2D eigenvalue weighted by atomic mass is 10.1. The van der Waals surface area contributed by atoms with Gasteiger partial charge in [0.15, 0.2) is 0 Å². The van der Waals surface area contributed by atoms with Crippen LogP contribution in [0, 0.1) is 23.2 Å². The summed E-state index contributed by atoms with van der Waals surface area (Å²) in [7, 11) is -0.768. The largest absolute Gasteiger partial charge is 0.259 e. The van der Waals surface area contributed by atoms with Crippen molar-refractivity contribution in [2.75, 3.05) is 5.75 Å². The molecule has 1 saturated carbocycles. The zero-order valence-electron chi connectivity index (χ0n) is 9.03. The first-order valence-electron chi connectivity index (χ1n) is 5.42. The van der Waals surface area contributed by atoms with Gasteiger partial charge < -0.3 is 0 Å². The molecule has 0 spiro atoms. The van der Waals surface area contributed by atoms with Gasteiger partial charge in [-0.2, -0.15) is 5.26 Å². The van der Waals surface area contributed by atoms with Crippen molar-refractivity contribution in [3.8, 4) is 6.07 Å². The Balaban J connectivity index is 2.40. The van der Waals surface area contributed by atoms with Gasteiger partial charge in [0.25, 0.3) is 0 Å². The van der Waals surface area contributed by atoms with Crippen LogP contribution in [0.5, 0.6) is 0 Å².